The molecule has 0 bridgehead atoms. The van der Waals surface area contributed by atoms with Gasteiger partial charge in [-0.1, -0.05) is 30.3 Å². The van der Waals surface area contributed by atoms with Gasteiger partial charge in [0, 0.05) is 6.08 Å². The maximum Gasteiger partial charge on any atom is 0.331 e. The van der Waals surface area contributed by atoms with Gasteiger partial charge in [-0.25, -0.2) is 4.79 Å². The van der Waals surface area contributed by atoms with E-state index in [1.165, 1.54) is 13.0 Å². The summed E-state index contributed by atoms with van der Waals surface area (Å²) in [5.41, 5.74) is 6.17. The molecular weight excluding hydrogens is 234 g/mol. The summed E-state index contributed by atoms with van der Waals surface area (Å²) >= 11 is 0. The zero-order valence-corrected chi connectivity index (χ0v) is 9.95. The van der Waals surface area contributed by atoms with E-state index in [9.17, 15) is 9.59 Å². The lowest BCUT2D eigenvalue weighted by Crippen LogP contribution is -2.42. The predicted molar refractivity (Wildman–Crippen MR) is 66.6 cm³/mol. The molecule has 0 heterocycles. The highest BCUT2D eigenvalue weighted by Crippen LogP contribution is 2.03. The van der Waals surface area contributed by atoms with E-state index in [2.05, 4.69) is 0 Å². The fourth-order valence-corrected chi connectivity index (χ4v) is 1.23. The Balaban J connectivity index is 2.52. The summed E-state index contributed by atoms with van der Waals surface area (Å²) < 4.78 is 4.86. The van der Waals surface area contributed by atoms with Gasteiger partial charge in [0.2, 0.25) is 0 Å². The van der Waals surface area contributed by atoms with E-state index in [0.29, 0.717) is 0 Å². The molecule has 0 spiro atoms. The first kappa shape index (κ1) is 13.9. The number of carbonyl (C=O) groups excluding carboxylic acids is 1. The van der Waals surface area contributed by atoms with Crippen LogP contribution in [0.25, 0.3) is 6.08 Å². The maximum atomic E-state index is 11.4. The van der Waals surface area contributed by atoms with Crippen LogP contribution in [0, 0.1) is 0 Å². The average molecular weight is 249 g/mol. The van der Waals surface area contributed by atoms with Gasteiger partial charge in [0.25, 0.3) is 0 Å². The van der Waals surface area contributed by atoms with Gasteiger partial charge < -0.3 is 15.6 Å². The van der Waals surface area contributed by atoms with Gasteiger partial charge in [-0.15, -0.1) is 0 Å². The van der Waals surface area contributed by atoms with Crippen LogP contribution in [0.2, 0.25) is 0 Å². The largest absolute Gasteiger partial charge is 0.480 e. The Labute approximate surface area is 105 Å². The van der Waals surface area contributed by atoms with Crippen LogP contribution in [0.1, 0.15) is 12.5 Å². The third kappa shape index (κ3) is 4.39. The van der Waals surface area contributed by atoms with E-state index in [1.807, 2.05) is 30.3 Å². The minimum atomic E-state index is -1.22. The molecule has 1 rings (SSSR count). The number of nitrogens with two attached hydrogens (primary N) is 1. The second-order valence-corrected chi connectivity index (χ2v) is 3.75. The fourth-order valence-electron chi connectivity index (χ4n) is 1.23. The summed E-state index contributed by atoms with van der Waals surface area (Å²) in [6.45, 7) is 1.44. The summed E-state index contributed by atoms with van der Waals surface area (Å²) in [5, 5.41) is 8.64. The Hall–Kier alpha value is -2.14. The van der Waals surface area contributed by atoms with E-state index in [1.54, 1.807) is 6.08 Å². The van der Waals surface area contributed by atoms with Gasteiger partial charge in [0.05, 0.1) is 0 Å². The summed E-state index contributed by atoms with van der Waals surface area (Å²) in [7, 11) is 0. The lowest BCUT2D eigenvalue weighted by atomic mass is 10.2. The lowest BCUT2D eigenvalue weighted by molar-refractivity contribution is -0.149. The van der Waals surface area contributed by atoms with Crippen LogP contribution in [0.15, 0.2) is 36.4 Å². The van der Waals surface area contributed by atoms with Crippen LogP contribution >= 0.6 is 0 Å². The Morgan fingerprint density at radius 3 is 2.50 bits per heavy atom. The van der Waals surface area contributed by atoms with Crippen molar-refractivity contribution >= 4 is 18.0 Å². The number of aliphatic carboxylic acids is 1. The van der Waals surface area contributed by atoms with Crippen molar-refractivity contribution in [1.82, 2.24) is 0 Å². The van der Waals surface area contributed by atoms with Crippen molar-refractivity contribution in [3.05, 3.63) is 42.0 Å². The molecule has 0 radical (unpaired) electrons. The quantitative estimate of drug-likeness (QED) is 0.601. The molecule has 3 N–H and O–H groups in total. The topological polar surface area (TPSA) is 89.6 Å². The highest BCUT2D eigenvalue weighted by molar-refractivity contribution is 5.87. The average Bonchev–Trinajstić information content (AvgIpc) is 2.36. The van der Waals surface area contributed by atoms with Crippen LogP contribution in [-0.4, -0.2) is 29.2 Å². The van der Waals surface area contributed by atoms with Gasteiger partial charge in [-0.05, 0) is 18.6 Å². The second kappa shape index (κ2) is 6.56. The minimum Gasteiger partial charge on any atom is -0.480 e. The molecule has 0 aliphatic carbocycles. The van der Waals surface area contributed by atoms with Crippen molar-refractivity contribution < 1.29 is 19.4 Å². The van der Waals surface area contributed by atoms with Crippen molar-refractivity contribution in [2.75, 3.05) is 0 Å². The van der Waals surface area contributed by atoms with Gasteiger partial charge in [0.15, 0.2) is 0 Å². The zero-order chi connectivity index (χ0) is 13.5. The van der Waals surface area contributed by atoms with Gasteiger partial charge >= 0.3 is 11.9 Å². The predicted octanol–water partition coefficient (Wildman–Crippen LogP) is 1.04. The lowest BCUT2D eigenvalue weighted by Gasteiger charge is -2.15. The number of hydrogen-bond acceptors (Lipinski definition) is 4. The van der Waals surface area contributed by atoms with Crippen molar-refractivity contribution in [3.8, 4) is 0 Å². The number of carbonyl (C=O) groups is 2. The number of esters is 1. The standard InChI is InChI=1S/C13H15NO4/c1-9(12(14)13(16)17)18-11(15)8-7-10-5-3-2-4-6-10/h2-9,12H,14H2,1H3,(H,16,17)/t9-,12+/m1/s1. The molecule has 5 nitrogen and oxygen atoms in total. The second-order valence-electron chi connectivity index (χ2n) is 3.75. The van der Waals surface area contributed by atoms with Crippen LogP contribution in [0.5, 0.6) is 0 Å². The molecule has 0 amide bonds. The molecule has 0 fully saturated rings. The Morgan fingerprint density at radius 2 is 1.94 bits per heavy atom. The van der Waals surface area contributed by atoms with E-state index in [0.717, 1.165) is 5.56 Å². The molecule has 0 unspecified atom stereocenters. The first-order valence-corrected chi connectivity index (χ1v) is 5.43. The Morgan fingerprint density at radius 1 is 1.33 bits per heavy atom. The molecule has 0 aliphatic heterocycles. The summed E-state index contributed by atoms with van der Waals surface area (Å²) in [6.07, 6.45) is 1.94. The van der Waals surface area contributed by atoms with Gasteiger partial charge in [-0.2, -0.15) is 0 Å². The van der Waals surface area contributed by atoms with E-state index >= 15 is 0 Å². The van der Waals surface area contributed by atoms with Crippen LogP contribution in [-0.2, 0) is 14.3 Å². The zero-order valence-electron chi connectivity index (χ0n) is 9.95. The maximum absolute atomic E-state index is 11.4. The van der Waals surface area contributed by atoms with Gasteiger partial charge in [-0.3, -0.25) is 4.79 Å². The summed E-state index contributed by atoms with van der Waals surface area (Å²) in [6, 6.07) is 7.98. The SMILES string of the molecule is C[C@@H](OC(=O)C=Cc1ccccc1)[C@H](N)C(=O)O. The number of rotatable bonds is 5. The minimum absolute atomic E-state index is 0.622. The number of carboxylic acid groups (broad SMARTS) is 1. The van der Waals surface area contributed by atoms with Crippen LogP contribution in [0.3, 0.4) is 0 Å². The molecule has 2 atom stereocenters. The molecular formula is C13H15NO4. The first-order chi connectivity index (χ1) is 8.50. The monoisotopic (exact) mass is 249 g/mol. The van der Waals surface area contributed by atoms with E-state index < -0.39 is 24.1 Å². The summed E-state index contributed by atoms with van der Waals surface area (Å²) in [4.78, 5) is 22.0. The molecule has 0 aromatic heterocycles. The van der Waals surface area contributed by atoms with Crippen LogP contribution < -0.4 is 5.73 Å². The van der Waals surface area contributed by atoms with Crippen molar-refractivity contribution in [2.24, 2.45) is 5.73 Å². The van der Waals surface area contributed by atoms with Crippen molar-refractivity contribution in [1.29, 1.82) is 0 Å². The molecule has 0 aliphatic rings. The van der Waals surface area contributed by atoms with E-state index in [4.69, 9.17) is 15.6 Å². The first-order valence-electron chi connectivity index (χ1n) is 5.43. The molecule has 0 saturated heterocycles. The molecule has 18 heavy (non-hydrogen) atoms. The van der Waals surface area contributed by atoms with Crippen LogP contribution in [0.4, 0.5) is 0 Å². The van der Waals surface area contributed by atoms with Crippen molar-refractivity contribution in [3.63, 3.8) is 0 Å². The fraction of sp³-hybridized carbons (Fsp3) is 0.231. The smallest absolute Gasteiger partial charge is 0.331 e. The summed E-state index contributed by atoms with van der Waals surface area (Å²) in [5.74, 6) is -1.83. The molecule has 1 aromatic rings. The third-order valence-corrected chi connectivity index (χ3v) is 2.30. The number of ether oxygens (including phenoxy) is 1. The normalized spacial score (nSPS) is 14.1. The van der Waals surface area contributed by atoms with Crippen molar-refractivity contribution in [2.45, 2.75) is 19.1 Å². The number of carboxylic acids is 1. The Kier molecular flexibility index (Phi) is 5.07. The molecule has 96 valence electrons. The van der Waals surface area contributed by atoms with Gasteiger partial charge in [0.1, 0.15) is 12.1 Å². The number of benzene rings is 1. The number of hydrogen-bond donors (Lipinski definition) is 2. The molecule has 5 heteroatoms. The third-order valence-electron chi connectivity index (χ3n) is 2.30. The van der Waals surface area contributed by atoms with E-state index in [-0.39, 0.29) is 0 Å². The molecule has 0 saturated carbocycles. The highest BCUT2D eigenvalue weighted by atomic mass is 16.5. The molecule has 1 aromatic carbocycles. The Bertz CT molecular complexity index is 442. The highest BCUT2D eigenvalue weighted by Gasteiger charge is 2.22.